The monoisotopic (exact) mass is 438 g/mol. The van der Waals surface area contributed by atoms with E-state index in [4.69, 9.17) is 21.3 Å². The third-order valence-electron chi connectivity index (χ3n) is 5.94. The topological polar surface area (TPSA) is 108 Å². The number of imidazole rings is 2. The maximum absolute atomic E-state index is 13.0. The fourth-order valence-electron chi connectivity index (χ4n) is 4.32. The van der Waals surface area contributed by atoms with Crippen LogP contribution in [0, 0.1) is 6.57 Å². The summed E-state index contributed by atoms with van der Waals surface area (Å²) in [6.45, 7) is 8.55. The first kappa shape index (κ1) is 19.3. The van der Waals surface area contributed by atoms with E-state index in [0.717, 1.165) is 29.4 Å². The first-order valence-corrected chi connectivity index (χ1v) is 10.6. The van der Waals surface area contributed by atoms with E-state index >= 15 is 0 Å². The number of hydrogen-bond acceptors (Lipinski definition) is 6. The van der Waals surface area contributed by atoms with Crippen LogP contribution in [0.2, 0.25) is 0 Å². The Hall–Kier alpha value is -4.36. The molecule has 0 aliphatic carbocycles. The molecule has 0 saturated carbocycles. The zero-order chi connectivity index (χ0) is 22.4. The molecule has 0 unspecified atom stereocenters. The van der Waals surface area contributed by atoms with Gasteiger partial charge >= 0.3 is 5.69 Å². The summed E-state index contributed by atoms with van der Waals surface area (Å²) in [5.74, 6) is 0.374. The van der Waals surface area contributed by atoms with E-state index in [-0.39, 0.29) is 11.7 Å². The molecule has 5 heterocycles. The molecule has 0 atom stereocenters. The van der Waals surface area contributed by atoms with Crippen LogP contribution in [0.15, 0.2) is 53.8 Å². The van der Waals surface area contributed by atoms with Crippen LogP contribution in [0.5, 0.6) is 0 Å². The van der Waals surface area contributed by atoms with Crippen molar-refractivity contribution in [1.29, 1.82) is 0 Å². The number of fused-ring (bicyclic) bond motifs is 2. The number of aromatic nitrogens is 7. The Balaban J connectivity index is 1.65. The molecule has 33 heavy (non-hydrogen) atoms. The predicted octanol–water partition coefficient (Wildman–Crippen LogP) is 3.42. The van der Waals surface area contributed by atoms with Crippen molar-refractivity contribution in [3.63, 3.8) is 0 Å². The highest BCUT2D eigenvalue weighted by atomic mass is 16.5. The van der Waals surface area contributed by atoms with Gasteiger partial charge < -0.3 is 9.72 Å². The number of benzene rings is 1. The summed E-state index contributed by atoms with van der Waals surface area (Å²) in [5.41, 5.74) is 4.25. The third-order valence-corrected chi connectivity index (χ3v) is 5.94. The maximum atomic E-state index is 13.0. The second kappa shape index (κ2) is 7.65. The number of pyridine rings is 1. The molecule has 162 valence electrons. The van der Waals surface area contributed by atoms with Crippen molar-refractivity contribution in [2.24, 2.45) is 0 Å². The minimum atomic E-state index is -0.218. The number of H-pyrrole nitrogens is 1. The van der Waals surface area contributed by atoms with Crippen molar-refractivity contribution in [1.82, 2.24) is 34.1 Å². The molecule has 6 rings (SSSR count). The van der Waals surface area contributed by atoms with Gasteiger partial charge in [0.1, 0.15) is 17.5 Å². The van der Waals surface area contributed by atoms with E-state index < -0.39 is 0 Å². The van der Waals surface area contributed by atoms with E-state index in [1.807, 2.05) is 12.1 Å². The van der Waals surface area contributed by atoms with Gasteiger partial charge in [0.05, 0.1) is 17.6 Å². The molecule has 0 amide bonds. The largest absolute Gasteiger partial charge is 0.381 e. The molecule has 1 aromatic carbocycles. The average Bonchev–Trinajstić information content (AvgIpc) is 3.44. The van der Waals surface area contributed by atoms with Gasteiger partial charge in [-0.1, -0.05) is 6.07 Å². The molecular weight excluding hydrogens is 420 g/mol. The molecule has 1 N–H and O–H groups in total. The first-order valence-electron chi connectivity index (χ1n) is 10.6. The van der Waals surface area contributed by atoms with Crippen LogP contribution in [0.25, 0.3) is 44.2 Å². The lowest BCUT2D eigenvalue weighted by Crippen LogP contribution is -2.27. The van der Waals surface area contributed by atoms with Crippen molar-refractivity contribution < 1.29 is 4.74 Å². The summed E-state index contributed by atoms with van der Waals surface area (Å²) in [7, 11) is 0. The van der Waals surface area contributed by atoms with Crippen LogP contribution >= 0.6 is 0 Å². The minimum Gasteiger partial charge on any atom is -0.381 e. The number of rotatable bonds is 3. The van der Waals surface area contributed by atoms with Crippen LogP contribution in [-0.4, -0.2) is 47.3 Å². The molecule has 0 bridgehead atoms. The number of hydrogen-bond donors (Lipinski definition) is 1. The standard InChI is InChI=1S/C23H18N8O2/c1-24-15-2-3-17-18(12-15)30(13-26-17)22-27-19(14-4-8-25-9-5-14)20-21(29-22)31(23(32)28-20)16-6-10-33-11-7-16/h2-5,8-9,12-13,16H,6-7,10-11H2,(H,28,32). The normalized spacial score (nSPS) is 14.6. The predicted molar refractivity (Wildman–Crippen MR) is 121 cm³/mol. The Morgan fingerprint density at radius 2 is 1.94 bits per heavy atom. The average molecular weight is 438 g/mol. The SMILES string of the molecule is [C-]#[N+]c1ccc2ncn(-c3nc(-c4ccncc4)c4[nH]c(=O)n(C5CCOCC5)c4n3)c2c1. The molecular formula is C23H18N8O2. The van der Waals surface area contributed by atoms with Gasteiger partial charge in [-0.05, 0) is 37.1 Å². The zero-order valence-electron chi connectivity index (χ0n) is 17.5. The lowest BCUT2D eigenvalue weighted by molar-refractivity contribution is 0.0697. The molecule has 0 spiro atoms. The molecule has 1 aliphatic rings. The second-order valence-corrected chi connectivity index (χ2v) is 7.85. The lowest BCUT2D eigenvalue weighted by atomic mass is 10.1. The highest BCUT2D eigenvalue weighted by Crippen LogP contribution is 2.30. The molecule has 10 heteroatoms. The van der Waals surface area contributed by atoms with Crippen LogP contribution in [0.1, 0.15) is 18.9 Å². The Kier molecular flexibility index (Phi) is 4.48. The quantitative estimate of drug-likeness (QED) is 0.433. The maximum Gasteiger partial charge on any atom is 0.327 e. The van der Waals surface area contributed by atoms with Gasteiger partial charge in [0.15, 0.2) is 11.3 Å². The van der Waals surface area contributed by atoms with Gasteiger partial charge in [-0.15, -0.1) is 0 Å². The lowest BCUT2D eigenvalue weighted by Gasteiger charge is -2.23. The van der Waals surface area contributed by atoms with Gasteiger partial charge in [-0.3, -0.25) is 14.1 Å². The third kappa shape index (κ3) is 3.18. The molecule has 5 aromatic rings. The van der Waals surface area contributed by atoms with Crippen LogP contribution in [0.3, 0.4) is 0 Å². The van der Waals surface area contributed by atoms with Crippen molar-refractivity contribution in [3.8, 4) is 17.2 Å². The molecule has 4 aromatic heterocycles. The second-order valence-electron chi connectivity index (χ2n) is 7.85. The van der Waals surface area contributed by atoms with E-state index in [1.165, 1.54) is 0 Å². The fraction of sp³-hybridized carbons (Fsp3) is 0.217. The van der Waals surface area contributed by atoms with Crippen molar-refractivity contribution in [2.75, 3.05) is 13.2 Å². The Morgan fingerprint density at radius 3 is 2.73 bits per heavy atom. The summed E-state index contributed by atoms with van der Waals surface area (Å²) in [6.07, 6.45) is 6.48. The van der Waals surface area contributed by atoms with Gasteiger partial charge in [-0.25, -0.2) is 19.6 Å². The fourth-order valence-corrected chi connectivity index (χ4v) is 4.32. The Labute approximate surface area is 187 Å². The van der Waals surface area contributed by atoms with Gasteiger partial charge in [-0.2, -0.15) is 4.98 Å². The Bertz CT molecular complexity index is 1590. The number of aromatic amines is 1. The summed E-state index contributed by atoms with van der Waals surface area (Å²) in [4.78, 5) is 37.7. The molecule has 1 fully saturated rings. The van der Waals surface area contributed by atoms with E-state index in [0.29, 0.717) is 41.7 Å². The minimum absolute atomic E-state index is 0.0127. The van der Waals surface area contributed by atoms with Gasteiger partial charge in [0.2, 0.25) is 5.95 Å². The highest BCUT2D eigenvalue weighted by molar-refractivity contribution is 5.88. The molecule has 1 aliphatic heterocycles. The van der Waals surface area contributed by atoms with Crippen molar-refractivity contribution >= 4 is 27.9 Å². The molecule has 0 radical (unpaired) electrons. The van der Waals surface area contributed by atoms with Crippen molar-refractivity contribution in [3.05, 3.63) is 71.0 Å². The summed E-state index contributed by atoms with van der Waals surface area (Å²) < 4.78 is 8.96. The van der Waals surface area contributed by atoms with Crippen LogP contribution in [0.4, 0.5) is 5.69 Å². The van der Waals surface area contributed by atoms with Crippen LogP contribution in [-0.2, 0) is 4.74 Å². The van der Waals surface area contributed by atoms with Crippen LogP contribution < -0.4 is 5.69 Å². The van der Waals surface area contributed by atoms with Crippen molar-refractivity contribution in [2.45, 2.75) is 18.9 Å². The number of ether oxygens (including phenoxy) is 1. The molecule has 1 saturated heterocycles. The number of nitrogens with one attached hydrogen (secondary N) is 1. The number of nitrogens with zero attached hydrogens (tertiary/aromatic N) is 7. The van der Waals surface area contributed by atoms with E-state index in [1.54, 1.807) is 46.1 Å². The Morgan fingerprint density at radius 1 is 1.12 bits per heavy atom. The van der Waals surface area contributed by atoms with E-state index in [2.05, 4.69) is 19.8 Å². The van der Waals surface area contributed by atoms with Gasteiger partial charge in [0, 0.05) is 37.2 Å². The molecule has 10 nitrogen and oxygen atoms in total. The first-order chi connectivity index (χ1) is 16.2. The summed E-state index contributed by atoms with van der Waals surface area (Å²) in [6, 6.07) is 8.97. The van der Waals surface area contributed by atoms with E-state index in [9.17, 15) is 4.79 Å². The summed E-state index contributed by atoms with van der Waals surface area (Å²) in [5, 5.41) is 0. The van der Waals surface area contributed by atoms with Gasteiger partial charge in [0.25, 0.3) is 0 Å². The highest BCUT2D eigenvalue weighted by Gasteiger charge is 2.24. The summed E-state index contributed by atoms with van der Waals surface area (Å²) >= 11 is 0. The smallest absolute Gasteiger partial charge is 0.327 e. The zero-order valence-corrected chi connectivity index (χ0v) is 17.5.